The second kappa shape index (κ2) is 7.02. The van der Waals surface area contributed by atoms with E-state index in [1.807, 2.05) is 0 Å². The van der Waals surface area contributed by atoms with Crippen molar-refractivity contribution in [3.8, 4) is 0 Å². The predicted octanol–water partition coefficient (Wildman–Crippen LogP) is 3.61. The normalized spacial score (nSPS) is 13.5. The molecular weight excluding hydrogens is 331 g/mol. The monoisotopic (exact) mass is 343 g/mol. The van der Waals surface area contributed by atoms with Gasteiger partial charge in [0.1, 0.15) is 5.82 Å². The van der Waals surface area contributed by atoms with Crippen LogP contribution >= 0.6 is 11.6 Å². The first kappa shape index (κ1) is 17.3. The van der Waals surface area contributed by atoms with Crippen molar-refractivity contribution in [3.05, 3.63) is 70.0 Å². The lowest BCUT2D eigenvalue weighted by Gasteiger charge is -2.21. The standard InChI is InChI=1S/C16H13ClF3NO2/c1-8(15(22)9-2-5-13(19)14(20)6-9)21-16(23)11-4-3-10(18)7-12(11)17/h2-8,15,22H,1H3,(H,21,23). The number of aliphatic hydroxyl groups excluding tert-OH is 1. The van der Waals surface area contributed by atoms with Gasteiger partial charge in [-0.15, -0.1) is 0 Å². The van der Waals surface area contributed by atoms with Crippen LogP contribution in [0.25, 0.3) is 0 Å². The van der Waals surface area contributed by atoms with Crippen LogP contribution in [0.1, 0.15) is 28.9 Å². The fourth-order valence-corrected chi connectivity index (χ4v) is 2.28. The number of carbonyl (C=O) groups is 1. The molecule has 0 aliphatic heterocycles. The molecule has 2 aromatic rings. The van der Waals surface area contributed by atoms with E-state index in [9.17, 15) is 23.1 Å². The Morgan fingerprint density at radius 2 is 1.83 bits per heavy atom. The number of carbonyl (C=O) groups excluding carboxylic acids is 1. The molecule has 0 saturated heterocycles. The van der Waals surface area contributed by atoms with Gasteiger partial charge in [0, 0.05) is 0 Å². The molecule has 0 bridgehead atoms. The molecule has 23 heavy (non-hydrogen) atoms. The molecule has 2 N–H and O–H groups in total. The minimum atomic E-state index is -1.26. The third-order valence-electron chi connectivity index (χ3n) is 3.29. The van der Waals surface area contributed by atoms with Crippen LogP contribution in [0, 0.1) is 17.5 Å². The van der Waals surface area contributed by atoms with Crippen molar-refractivity contribution in [1.29, 1.82) is 0 Å². The Morgan fingerprint density at radius 3 is 2.43 bits per heavy atom. The number of aliphatic hydroxyl groups is 1. The maximum absolute atomic E-state index is 13.2. The van der Waals surface area contributed by atoms with E-state index >= 15 is 0 Å². The van der Waals surface area contributed by atoms with E-state index in [-0.39, 0.29) is 16.1 Å². The SMILES string of the molecule is CC(NC(=O)c1ccc(F)cc1Cl)C(O)c1ccc(F)c(F)c1. The Bertz CT molecular complexity index is 739. The zero-order chi connectivity index (χ0) is 17.1. The summed E-state index contributed by atoms with van der Waals surface area (Å²) in [6, 6.07) is 5.44. The number of rotatable bonds is 4. The van der Waals surface area contributed by atoms with Gasteiger partial charge >= 0.3 is 0 Å². The smallest absolute Gasteiger partial charge is 0.253 e. The number of nitrogens with one attached hydrogen (secondary N) is 1. The van der Waals surface area contributed by atoms with Crippen LogP contribution in [0.4, 0.5) is 13.2 Å². The van der Waals surface area contributed by atoms with Gasteiger partial charge in [0.05, 0.1) is 22.7 Å². The third kappa shape index (κ3) is 4.03. The Balaban J connectivity index is 2.12. The molecule has 0 aromatic heterocycles. The molecule has 3 nitrogen and oxygen atoms in total. The molecule has 2 rings (SSSR count). The number of halogens is 4. The van der Waals surface area contributed by atoms with Crippen LogP contribution in [-0.2, 0) is 0 Å². The lowest BCUT2D eigenvalue weighted by Crippen LogP contribution is -2.37. The van der Waals surface area contributed by atoms with E-state index < -0.39 is 35.5 Å². The van der Waals surface area contributed by atoms with Crippen molar-refractivity contribution in [2.24, 2.45) is 0 Å². The molecule has 0 fully saturated rings. The highest BCUT2D eigenvalue weighted by molar-refractivity contribution is 6.33. The van der Waals surface area contributed by atoms with Gasteiger partial charge in [-0.2, -0.15) is 0 Å². The van der Waals surface area contributed by atoms with Crippen LogP contribution in [-0.4, -0.2) is 17.1 Å². The molecule has 0 spiro atoms. The van der Waals surface area contributed by atoms with Crippen LogP contribution in [0.5, 0.6) is 0 Å². The van der Waals surface area contributed by atoms with Gasteiger partial charge in [-0.3, -0.25) is 4.79 Å². The maximum Gasteiger partial charge on any atom is 0.253 e. The second-order valence-corrected chi connectivity index (χ2v) is 5.41. The number of hydrogen-bond acceptors (Lipinski definition) is 2. The molecule has 1 amide bonds. The summed E-state index contributed by atoms with van der Waals surface area (Å²) in [5, 5.41) is 12.5. The molecule has 122 valence electrons. The first-order valence-electron chi connectivity index (χ1n) is 6.68. The lowest BCUT2D eigenvalue weighted by molar-refractivity contribution is 0.0851. The molecule has 0 aliphatic rings. The van der Waals surface area contributed by atoms with E-state index in [0.717, 1.165) is 24.3 Å². The minimum absolute atomic E-state index is 0.0393. The van der Waals surface area contributed by atoms with E-state index in [4.69, 9.17) is 11.6 Å². The summed E-state index contributed by atoms with van der Waals surface area (Å²) in [5.41, 5.74) is 0.152. The first-order chi connectivity index (χ1) is 10.8. The predicted molar refractivity (Wildman–Crippen MR) is 79.7 cm³/mol. The molecule has 2 aromatic carbocycles. The van der Waals surface area contributed by atoms with Crippen LogP contribution in [0.2, 0.25) is 5.02 Å². The molecular formula is C16H13ClF3NO2. The van der Waals surface area contributed by atoms with E-state index in [1.165, 1.54) is 19.1 Å². The fraction of sp³-hybridized carbons (Fsp3) is 0.188. The van der Waals surface area contributed by atoms with Crippen LogP contribution in [0.15, 0.2) is 36.4 Å². The second-order valence-electron chi connectivity index (χ2n) is 5.00. The molecule has 2 atom stereocenters. The highest BCUT2D eigenvalue weighted by atomic mass is 35.5. The molecule has 2 unspecified atom stereocenters. The summed E-state index contributed by atoms with van der Waals surface area (Å²) in [5.74, 6) is -3.33. The molecule has 0 aliphatic carbocycles. The summed E-state index contributed by atoms with van der Waals surface area (Å²) >= 11 is 5.79. The van der Waals surface area contributed by atoms with E-state index in [2.05, 4.69) is 5.32 Å². The van der Waals surface area contributed by atoms with Crippen LogP contribution < -0.4 is 5.32 Å². The Morgan fingerprint density at radius 1 is 1.13 bits per heavy atom. The van der Waals surface area contributed by atoms with Gasteiger partial charge < -0.3 is 10.4 Å². The highest BCUT2D eigenvalue weighted by Gasteiger charge is 2.21. The minimum Gasteiger partial charge on any atom is -0.386 e. The Kier molecular flexibility index (Phi) is 5.28. The molecule has 0 heterocycles. The van der Waals surface area contributed by atoms with Crippen molar-refractivity contribution < 1.29 is 23.1 Å². The quantitative estimate of drug-likeness (QED) is 0.891. The molecule has 0 radical (unpaired) electrons. The summed E-state index contributed by atoms with van der Waals surface area (Å²) in [6.45, 7) is 1.49. The number of hydrogen-bond donors (Lipinski definition) is 2. The van der Waals surface area contributed by atoms with E-state index in [1.54, 1.807) is 0 Å². The lowest BCUT2D eigenvalue weighted by atomic mass is 10.0. The van der Waals surface area contributed by atoms with Crippen molar-refractivity contribution in [2.75, 3.05) is 0 Å². The Hall–Kier alpha value is -2.05. The van der Waals surface area contributed by atoms with Crippen LogP contribution in [0.3, 0.4) is 0 Å². The highest BCUT2D eigenvalue weighted by Crippen LogP contribution is 2.21. The van der Waals surface area contributed by atoms with Crippen molar-refractivity contribution >= 4 is 17.5 Å². The van der Waals surface area contributed by atoms with Crippen molar-refractivity contribution in [1.82, 2.24) is 5.32 Å². The largest absolute Gasteiger partial charge is 0.386 e. The molecule has 0 saturated carbocycles. The van der Waals surface area contributed by atoms with Crippen molar-refractivity contribution in [2.45, 2.75) is 19.1 Å². The van der Waals surface area contributed by atoms with Gasteiger partial charge in [0.15, 0.2) is 11.6 Å². The zero-order valence-electron chi connectivity index (χ0n) is 12.0. The van der Waals surface area contributed by atoms with E-state index in [0.29, 0.717) is 0 Å². The number of benzene rings is 2. The summed E-state index contributed by atoms with van der Waals surface area (Å²) < 4.78 is 39.1. The van der Waals surface area contributed by atoms with Gasteiger partial charge in [-0.05, 0) is 42.8 Å². The first-order valence-corrected chi connectivity index (χ1v) is 7.06. The molecule has 7 heteroatoms. The number of amides is 1. The zero-order valence-corrected chi connectivity index (χ0v) is 12.7. The summed E-state index contributed by atoms with van der Waals surface area (Å²) in [4.78, 5) is 12.1. The van der Waals surface area contributed by atoms with Gasteiger partial charge in [-0.1, -0.05) is 17.7 Å². The third-order valence-corrected chi connectivity index (χ3v) is 3.61. The average Bonchev–Trinajstić information content (AvgIpc) is 2.49. The van der Waals surface area contributed by atoms with Gasteiger partial charge in [0.25, 0.3) is 5.91 Å². The van der Waals surface area contributed by atoms with Gasteiger partial charge in [0.2, 0.25) is 0 Å². The fourth-order valence-electron chi connectivity index (χ4n) is 2.02. The topological polar surface area (TPSA) is 49.3 Å². The average molecular weight is 344 g/mol. The maximum atomic E-state index is 13.2. The van der Waals surface area contributed by atoms with Crippen molar-refractivity contribution in [3.63, 3.8) is 0 Å². The summed E-state index contributed by atoms with van der Waals surface area (Å²) in [7, 11) is 0. The summed E-state index contributed by atoms with van der Waals surface area (Å²) in [6.07, 6.45) is -1.26. The van der Waals surface area contributed by atoms with Gasteiger partial charge in [-0.25, -0.2) is 13.2 Å². The Labute approximate surface area is 135 Å².